The van der Waals surface area contributed by atoms with Crippen molar-refractivity contribution in [3.63, 3.8) is 0 Å². The Labute approximate surface area is 105 Å². The standard InChI is InChI=1S/C9H8IN3O3/c10-6-2-11-9(12-3-6)13-4-5(8(15)16)1-7(13)14/h2-3,5H,1,4H2,(H,15,16). The first-order chi connectivity index (χ1) is 7.58. The fraction of sp³-hybridized carbons (Fsp3) is 0.333. The zero-order valence-electron chi connectivity index (χ0n) is 8.13. The number of anilines is 1. The highest BCUT2D eigenvalue weighted by molar-refractivity contribution is 14.1. The number of amides is 1. The molecule has 1 amide bonds. The molecular weight excluding hydrogens is 325 g/mol. The van der Waals surface area contributed by atoms with Gasteiger partial charge in [-0.3, -0.25) is 14.5 Å². The van der Waals surface area contributed by atoms with Crippen LogP contribution < -0.4 is 4.90 Å². The monoisotopic (exact) mass is 333 g/mol. The van der Waals surface area contributed by atoms with Gasteiger partial charge in [-0.15, -0.1) is 0 Å². The maximum Gasteiger partial charge on any atom is 0.308 e. The van der Waals surface area contributed by atoms with Gasteiger partial charge in [-0.1, -0.05) is 0 Å². The molecule has 84 valence electrons. The minimum absolute atomic E-state index is 0.0185. The summed E-state index contributed by atoms with van der Waals surface area (Å²) < 4.78 is 0.864. The number of aliphatic carboxylic acids is 1. The highest BCUT2D eigenvalue weighted by Crippen LogP contribution is 2.22. The highest BCUT2D eigenvalue weighted by atomic mass is 127. The molecule has 16 heavy (non-hydrogen) atoms. The Bertz CT molecular complexity index is 434. The Hall–Kier alpha value is -1.25. The topological polar surface area (TPSA) is 83.4 Å². The number of nitrogens with zero attached hydrogens (tertiary/aromatic N) is 3. The normalized spacial score (nSPS) is 20.2. The third kappa shape index (κ3) is 2.13. The molecule has 1 saturated heterocycles. The molecule has 2 rings (SSSR count). The van der Waals surface area contributed by atoms with E-state index in [1.165, 1.54) is 4.90 Å². The van der Waals surface area contributed by atoms with Gasteiger partial charge in [-0.2, -0.15) is 0 Å². The second-order valence-corrected chi connectivity index (χ2v) is 4.69. The summed E-state index contributed by atoms with van der Waals surface area (Å²) in [5.74, 6) is -1.58. The van der Waals surface area contributed by atoms with Crippen LogP contribution in [0.3, 0.4) is 0 Å². The third-order valence-electron chi connectivity index (χ3n) is 2.32. The molecule has 1 aromatic heterocycles. The molecule has 1 N–H and O–H groups in total. The first-order valence-corrected chi connectivity index (χ1v) is 5.66. The molecular formula is C9H8IN3O3. The molecule has 2 heterocycles. The van der Waals surface area contributed by atoms with Crippen LogP contribution in [0.2, 0.25) is 0 Å². The first-order valence-electron chi connectivity index (χ1n) is 4.58. The van der Waals surface area contributed by atoms with Crippen LogP contribution in [0.25, 0.3) is 0 Å². The lowest BCUT2D eigenvalue weighted by Crippen LogP contribution is -2.27. The number of halogens is 1. The predicted molar refractivity (Wildman–Crippen MR) is 62.8 cm³/mol. The Morgan fingerprint density at radius 3 is 2.62 bits per heavy atom. The van der Waals surface area contributed by atoms with Gasteiger partial charge in [-0.05, 0) is 22.6 Å². The molecule has 1 aliphatic heterocycles. The van der Waals surface area contributed by atoms with Crippen LogP contribution in [0, 0.1) is 9.49 Å². The highest BCUT2D eigenvalue weighted by Gasteiger charge is 2.36. The summed E-state index contributed by atoms with van der Waals surface area (Å²) in [5.41, 5.74) is 0. The summed E-state index contributed by atoms with van der Waals surface area (Å²) in [6.45, 7) is 0.148. The van der Waals surface area contributed by atoms with Crippen molar-refractivity contribution < 1.29 is 14.7 Å². The van der Waals surface area contributed by atoms with Crippen molar-refractivity contribution in [1.82, 2.24) is 9.97 Å². The fourth-order valence-corrected chi connectivity index (χ4v) is 1.79. The van der Waals surface area contributed by atoms with Gasteiger partial charge in [0, 0.05) is 28.9 Å². The number of carboxylic acids is 1. The largest absolute Gasteiger partial charge is 0.481 e. The van der Waals surface area contributed by atoms with E-state index in [4.69, 9.17) is 5.11 Å². The zero-order chi connectivity index (χ0) is 11.7. The second-order valence-electron chi connectivity index (χ2n) is 3.44. The number of carbonyl (C=O) groups excluding carboxylic acids is 1. The van der Waals surface area contributed by atoms with Crippen molar-refractivity contribution in [2.45, 2.75) is 6.42 Å². The van der Waals surface area contributed by atoms with Gasteiger partial charge in [0.05, 0.1) is 5.92 Å². The van der Waals surface area contributed by atoms with E-state index in [1.807, 2.05) is 0 Å². The lowest BCUT2D eigenvalue weighted by atomic mass is 10.1. The first kappa shape index (κ1) is 11.2. The molecule has 1 atom stereocenters. The van der Waals surface area contributed by atoms with E-state index in [0.717, 1.165) is 3.57 Å². The minimum atomic E-state index is -0.957. The lowest BCUT2D eigenvalue weighted by molar-refractivity contribution is -0.141. The predicted octanol–water partition coefficient (Wildman–Crippen LogP) is 0.519. The molecule has 1 aromatic rings. The molecule has 0 aromatic carbocycles. The summed E-state index contributed by atoms with van der Waals surface area (Å²) in [7, 11) is 0. The number of carboxylic acid groups (broad SMARTS) is 1. The quantitative estimate of drug-likeness (QED) is 0.798. The van der Waals surface area contributed by atoms with Gasteiger partial charge in [0.1, 0.15) is 0 Å². The average molecular weight is 333 g/mol. The Kier molecular flexibility index (Phi) is 3.03. The Morgan fingerprint density at radius 1 is 1.50 bits per heavy atom. The minimum Gasteiger partial charge on any atom is -0.481 e. The van der Waals surface area contributed by atoms with Gasteiger partial charge in [0.2, 0.25) is 11.9 Å². The van der Waals surface area contributed by atoms with E-state index in [9.17, 15) is 9.59 Å². The summed E-state index contributed by atoms with van der Waals surface area (Å²) in [5, 5.41) is 8.82. The van der Waals surface area contributed by atoms with Crippen molar-refractivity contribution in [3.8, 4) is 0 Å². The van der Waals surface area contributed by atoms with Gasteiger partial charge >= 0.3 is 5.97 Å². The van der Waals surface area contributed by atoms with E-state index in [2.05, 4.69) is 32.6 Å². The zero-order valence-corrected chi connectivity index (χ0v) is 10.3. The molecule has 0 saturated carbocycles. The van der Waals surface area contributed by atoms with Crippen LogP contribution in [0.15, 0.2) is 12.4 Å². The second kappa shape index (κ2) is 4.32. The fourth-order valence-electron chi connectivity index (χ4n) is 1.51. The molecule has 0 aliphatic carbocycles. The van der Waals surface area contributed by atoms with Crippen molar-refractivity contribution in [2.75, 3.05) is 11.4 Å². The molecule has 1 aliphatic rings. The number of hydrogen-bond donors (Lipinski definition) is 1. The van der Waals surface area contributed by atoms with E-state index in [0.29, 0.717) is 0 Å². The van der Waals surface area contributed by atoms with Gasteiger partial charge in [-0.25, -0.2) is 9.97 Å². The molecule has 1 unspecified atom stereocenters. The molecule has 6 nitrogen and oxygen atoms in total. The number of rotatable bonds is 2. The van der Waals surface area contributed by atoms with Crippen molar-refractivity contribution in [2.24, 2.45) is 5.92 Å². The van der Waals surface area contributed by atoms with Crippen LogP contribution in [0.4, 0.5) is 5.95 Å². The van der Waals surface area contributed by atoms with Crippen LogP contribution in [0.5, 0.6) is 0 Å². The third-order valence-corrected chi connectivity index (χ3v) is 2.88. The van der Waals surface area contributed by atoms with Crippen LogP contribution in [-0.4, -0.2) is 33.5 Å². The van der Waals surface area contributed by atoms with E-state index in [1.54, 1.807) is 12.4 Å². The summed E-state index contributed by atoms with van der Waals surface area (Å²) in [4.78, 5) is 31.6. The van der Waals surface area contributed by atoms with Crippen LogP contribution in [0.1, 0.15) is 6.42 Å². The Morgan fingerprint density at radius 2 is 2.12 bits per heavy atom. The maximum absolute atomic E-state index is 11.6. The van der Waals surface area contributed by atoms with Crippen molar-refractivity contribution >= 4 is 40.4 Å². The smallest absolute Gasteiger partial charge is 0.308 e. The summed E-state index contributed by atoms with van der Waals surface area (Å²) >= 11 is 2.06. The molecule has 1 fully saturated rings. The SMILES string of the molecule is O=C(O)C1CC(=O)N(c2ncc(I)cn2)C1. The summed E-state index contributed by atoms with van der Waals surface area (Å²) in [6.07, 6.45) is 3.19. The van der Waals surface area contributed by atoms with Crippen molar-refractivity contribution in [3.05, 3.63) is 16.0 Å². The molecule has 0 radical (unpaired) electrons. The molecule has 7 heteroatoms. The van der Waals surface area contributed by atoms with Crippen LogP contribution in [-0.2, 0) is 9.59 Å². The van der Waals surface area contributed by atoms with E-state index >= 15 is 0 Å². The number of hydrogen-bond acceptors (Lipinski definition) is 4. The lowest BCUT2D eigenvalue weighted by Gasteiger charge is -2.12. The molecule has 0 spiro atoms. The van der Waals surface area contributed by atoms with Crippen LogP contribution >= 0.6 is 22.6 Å². The number of carbonyl (C=O) groups is 2. The average Bonchev–Trinajstić information content (AvgIpc) is 2.62. The molecule has 0 bridgehead atoms. The summed E-state index contributed by atoms with van der Waals surface area (Å²) in [6, 6.07) is 0. The van der Waals surface area contributed by atoms with E-state index in [-0.39, 0.29) is 24.8 Å². The maximum atomic E-state index is 11.6. The van der Waals surface area contributed by atoms with Crippen molar-refractivity contribution in [1.29, 1.82) is 0 Å². The van der Waals surface area contributed by atoms with Gasteiger partial charge < -0.3 is 5.11 Å². The van der Waals surface area contributed by atoms with Gasteiger partial charge in [0.25, 0.3) is 0 Å². The van der Waals surface area contributed by atoms with Gasteiger partial charge in [0.15, 0.2) is 0 Å². The number of aromatic nitrogens is 2. The Balaban J connectivity index is 2.20. The van der Waals surface area contributed by atoms with E-state index < -0.39 is 11.9 Å².